The zero-order valence-corrected chi connectivity index (χ0v) is 28.0. The van der Waals surface area contributed by atoms with Crippen molar-refractivity contribution in [3.8, 4) is 45.3 Å². The first-order valence-electron chi connectivity index (χ1n) is 16.8. The molecule has 0 N–H and O–H groups in total. The van der Waals surface area contributed by atoms with E-state index >= 15 is 0 Å². The minimum absolute atomic E-state index is 0.0837. The maximum atomic E-state index is 5.70. The molecular weight excluding hydrogens is 599 g/mol. The second-order valence-corrected chi connectivity index (χ2v) is 13.3. The van der Waals surface area contributed by atoms with Gasteiger partial charge in [-0.25, -0.2) is 9.97 Å². The lowest BCUT2D eigenvalue weighted by Gasteiger charge is -2.18. The van der Waals surface area contributed by atoms with Crippen LogP contribution in [-0.2, 0) is 0 Å². The van der Waals surface area contributed by atoms with Crippen molar-refractivity contribution in [2.45, 2.75) is 26.7 Å². The van der Waals surface area contributed by atoms with Crippen LogP contribution < -0.4 is 4.74 Å². The molecule has 236 valence electrons. The van der Waals surface area contributed by atoms with Gasteiger partial charge in [0.2, 0.25) is 0 Å². The molecular formula is C45H35N3O. The number of aromatic nitrogens is 3. The van der Waals surface area contributed by atoms with Gasteiger partial charge in [0.25, 0.3) is 0 Å². The van der Waals surface area contributed by atoms with E-state index in [-0.39, 0.29) is 5.92 Å². The quantitative estimate of drug-likeness (QED) is 0.189. The number of para-hydroxylation sites is 1. The molecule has 9 rings (SSSR count). The van der Waals surface area contributed by atoms with E-state index in [1.807, 2.05) is 12.1 Å². The highest BCUT2D eigenvalue weighted by Gasteiger charge is 2.34. The average Bonchev–Trinajstić information content (AvgIpc) is 3.64. The molecule has 1 aliphatic carbocycles. The molecule has 0 bridgehead atoms. The third-order valence-electron chi connectivity index (χ3n) is 9.86. The molecule has 1 unspecified atom stereocenters. The number of hydrogen-bond acceptors (Lipinski definition) is 3. The van der Waals surface area contributed by atoms with Crippen molar-refractivity contribution in [2.75, 3.05) is 7.11 Å². The van der Waals surface area contributed by atoms with E-state index in [9.17, 15) is 0 Å². The summed E-state index contributed by atoms with van der Waals surface area (Å²) in [6.07, 6.45) is 0. The Morgan fingerprint density at radius 1 is 0.592 bits per heavy atom. The predicted octanol–water partition coefficient (Wildman–Crippen LogP) is 11.0. The second kappa shape index (κ2) is 11.3. The molecule has 0 spiro atoms. The lowest BCUT2D eigenvalue weighted by atomic mass is 9.88. The molecule has 1 atom stereocenters. The van der Waals surface area contributed by atoms with Crippen LogP contribution in [0, 0.1) is 20.8 Å². The Bertz CT molecular complexity index is 2560. The van der Waals surface area contributed by atoms with E-state index in [1.54, 1.807) is 7.11 Å². The minimum atomic E-state index is 0.0837. The Morgan fingerprint density at radius 3 is 2.12 bits per heavy atom. The lowest BCUT2D eigenvalue weighted by molar-refractivity contribution is 0.414. The van der Waals surface area contributed by atoms with Crippen LogP contribution in [0.3, 0.4) is 0 Å². The molecule has 4 heteroatoms. The number of fused-ring (bicyclic) bond motifs is 7. The predicted molar refractivity (Wildman–Crippen MR) is 201 cm³/mol. The molecule has 49 heavy (non-hydrogen) atoms. The summed E-state index contributed by atoms with van der Waals surface area (Å²) in [5.74, 6) is 2.37. The Balaban J connectivity index is 1.41. The highest BCUT2D eigenvalue weighted by molar-refractivity contribution is 6.13. The molecule has 2 heterocycles. The molecule has 6 aromatic carbocycles. The van der Waals surface area contributed by atoms with Crippen LogP contribution in [0.25, 0.3) is 61.4 Å². The van der Waals surface area contributed by atoms with Gasteiger partial charge in [-0.15, -0.1) is 0 Å². The van der Waals surface area contributed by atoms with E-state index in [0.717, 1.165) is 39.5 Å². The topological polar surface area (TPSA) is 39.9 Å². The number of ether oxygens (including phenoxy) is 1. The smallest absolute Gasteiger partial charge is 0.162 e. The number of hydrogen-bond donors (Lipinski definition) is 0. The Kier molecular flexibility index (Phi) is 6.73. The summed E-state index contributed by atoms with van der Waals surface area (Å²) in [4.78, 5) is 10.6. The summed E-state index contributed by atoms with van der Waals surface area (Å²) in [5, 5.41) is 2.42. The van der Waals surface area contributed by atoms with Crippen LogP contribution in [0.4, 0.5) is 0 Å². The van der Waals surface area contributed by atoms with Crippen molar-refractivity contribution in [3.63, 3.8) is 0 Å². The zero-order chi connectivity index (χ0) is 33.2. The van der Waals surface area contributed by atoms with E-state index in [1.165, 1.54) is 55.2 Å². The van der Waals surface area contributed by atoms with Crippen molar-refractivity contribution in [3.05, 3.63) is 167 Å². The van der Waals surface area contributed by atoms with Crippen LogP contribution >= 0.6 is 0 Å². The molecule has 4 nitrogen and oxygen atoms in total. The molecule has 0 amide bonds. The summed E-state index contributed by atoms with van der Waals surface area (Å²) >= 11 is 0. The Labute approximate surface area is 286 Å². The SMILES string of the molecule is COc1cc(C)cc(-c2nc(-c3cc(C)cc(C)c3)cc(-n3c4ccccc4c4ccc5c(c43)C(c3ccccc3)c3ccccc3-5)n2)c1. The minimum Gasteiger partial charge on any atom is -0.497 e. The fourth-order valence-corrected chi connectivity index (χ4v) is 7.93. The number of nitrogens with zero attached hydrogens (tertiary/aromatic N) is 3. The molecule has 0 radical (unpaired) electrons. The third kappa shape index (κ3) is 4.75. The first-order valence-corrected chi connectivity index (χ1v) is 16.8. The molecule has 2 aromatic heterocycles. The molecule has 1 aliphatic rings. The van der Waals surface area contributed by atoms with Crippen molar-refractivity contribution in [2.24, 2.45) is 0 Å². The highest BCUT2D eigenvalue weighted by Crippen LogP contribution is 2.52. The van der Waals surface area contributed by atoms with Gasteiger partial charge in [0.15, 0.2) is 5.82 Å². The first kappa shape index (κ1) is 29.2. The lowest BCUT2D eigenvalue weighted by Crippen LogP contribution is -2.06. The molecule has 0 saturated heterocycles. The van der Waals surface area contributed by atoms with Crippen LogP contribution in [0.15, 0.2) is 133 Å². The Hall–Kier alpha value is -6.00. The molecule has 0 fully saturated rings. The third-order valence-corrected chi connectivity index (χ3v) is 9.86. The summed E-state index contributed by atoms with van der Waals surface area (Å²) in [7, 11) is 1.70. The molecule has 8 aromatic rings. The fraction of sp³-hybridized carbons (Fsp3) is 0.111. The van der Waals surface area contributed by atoms with Crippen LogP contribution in [0.5, 0.6) is 5.75 Å². The van der Waals surface area contributed by atoms with Crippen molar-refractivity contribution < 1.29 is 4.74 Å². The maximum Gasteiger partial charge on any atom is 0.162 e. The van der Waals surface area contributed by atoms with E-state index < -0.39 is 0 Å². The van der Waals surface area contributed by atoms with Gasteiger partial charge in [-0.2, -0.15) is 0 Å². The zero-order valence-electron chi connectivity index (χ0n) is 28.0. The van der Waals surface area contributed by atoms with Gasteiger partial charge in [0.1, 0.15) is 11.6 Å². The van der Waals surface area contributed by atoms with Crippen LogP contribution in [0.1, 0.15) is 39.3 Å². The number of benzene rings is 6. The monoisotopic (exact) mass is 633 g/mol. The van der Waals surface area contributed by atoms with E-state index in [0.29, 0.717) is 5.82 Å². The van der Waals surface area contributed by atoms with Crippen molar-refractivity contribution in [1.29, 1.82) is 0 Å². The van der Waals surface area contributed by atoms with Gasteiger partial charge in [-0.3, -0.25) is 4.57 Å². The van der Waals surface area contributed by atoms with Gasteiger partial charge >= 0.3 is 0 Å². The normalized spacial score (nSPS) is 13.5. The van der Waals surface area contributed by atoms with Crippen molar-refractivity contribution >= 4 is 21.8 Å². The van der Waals surface area contributed by atoms with Crippen LogP contribution in [0.2, 0.25) is 0 Å². The fourth-order valence-electron chi connectivity index (χ4n) is 7.93. The van der Waals surface area contributed by atoms with Gasteiger partial charge < -0.3 is 4.74 Å². The van der Waals surface area contributed by atoms with Crippen molar-refractivity contribution in [1.82, 2.24) is 14.5 Å². The van der Waals surface area contributed by atoms with E-state index in [4.69, 9.17) is 14.7 Å². The van der Waals surface area contributed by atoms with Gasteiger partial charge in [0, 0.05) is 33.9 Å². The summed E-state index contributed by atoms with van der Waals surface area (Å²) in [5.41, 5.74) is 15.2. The van der Waals surface area contributed by atoms with Crippen LogP contribution in [-0.4, -0.2) is 21.6 Å². The van der Waals surface area contributed by atoms with Gasteiger partial charge in [-0.1, -0.05) is 102 Å². The molecule has 0 aliphatic heterocycles. The average molecular weight is 634 g/mol. The Morgan fingerprint density at radius 2 is 1.31 bits per heavy atom. The maximum absolute atomic E-state index is 5.70. The van der Waals surface area contributed by atoms with E-state index in [2.05, 4.69) is 147 Å². The summed E-state index contributed by atoms with van der Waals surface area (Å²) < 4.78 is 8.08. The summed E-state index contributed by atoms with van der Waals surface area (Å²) in [6.45, 7) is 6.36. The van der Waals surface area contributed by atoms with Gasteiger partial charge in [0.05, 0.1) is 23.8 Å². The first-order chi connectivity index (χ1) is 24.0. The highest BCUT2D eigenvalue weighted by atomic mass is 16.5. The number of aryl methyl sites for hydroxylation is 3. The largest absolute Gasteiger partial charge is 0.497 e. The molecule has 0 saturated carbocycles. The standard InChI is InChI=1S/C45H35N3O/c1-27-20-28(2)22-31(21-27)39-26-41(47-45(46-39)32-23-29(3)24-33(25-32)49-4)48-40-17-11-10-15-35(40)38-19-18-37-34-14-8-9-16-36(34)42(43(37)44(38)48)30-12-6-5-7-13-30/h5-26,42H,1-4H3. The number of rotatable bonds is 5. The number of methoxy groups -OCH3 is 1. The van der Waals surface area contributed by atoms with Gasteiger partial charge in [-0.05, 0) is 90.6 Å². The second-order valence-electron chi connectivity index (χ2n) is 13.3. The summed E-state index contributed by atoms with van der Waals surface area (Å²) in [6, 6.07) is 48.1.